The summed E-state index contributed by atoms with van der Waals surface area (Å²) in [5, 5.41) is 25.7. The van der Waals surface area contributed by atoms with E-state index in [-0.39, 0.29) is 10.0 Å². The van der Waals surface area contributed by atoms with Gasteiger partial charge in [-0.1, -0.05) is 23.2 Å². The minimum Gasteiger partial charge on any atom is -0.478 e. The van der Waals surface area contributed by atoms with Crippen LogP contribution in [0.4, 0.5) is 0 Å². The summed E-state index contributed by atoms with van der Waals surface area (Å²) in [6.07, 6.45) is 0. The fraction of sp³-hybridized carbons (Fsp3) is 0.182. The molecule has 1 N–H and O–H groups in total. The van der Waals surface area contributed by atoms with Gasteiger partial charge in [-0.15, -0.1) is 0 Å². The molecule has 0 bridgehead atoms. The summed E-state index contributed by atoms with van der Waals surface area (Å²) in [5.74, 6) is -1.43. The first-order chi connectivity index (χ1) is 9.75. The second kappa shape index (κ2) is 6.74. The summed E-state index contributed by atoms with van der Waals surface area (Å²) in [6, 6.07) is 4.99. The number of carbonyl (C=O) groups is 1. The molecule has 0 aliphatic heterocycles. The molecule has 0 saturated carbocycles. The molecular formula is C11H7Cl2N3O4S. The van der Waals surface area contributed by atoms with Crippen LogP contribution in [-0.4, -0.2) is 36.9 Å². The molecule has 110 valence electrons. The molecule has 10 heteroatoms. The lowest BCUT2D eigenvalue weighted by atomic mass is 10.2. The Labute approximate surface area is 130 Å². The maximum absolute atomic E-state index is 12.3. The van der Waals surface area contributed by atoms with Crippen LogP contribution in [0.15, 0.2) is 17.0 Å². The van der Waals surface area contributed by atoms with Crippen molar-refractivity contribution in [3.8, 4) is 12.1 Å². The molecule has 0 radical (unpaired) electrons. The van der Waals surface area contributed by atoms with E-state index >= 15 is 0 Å². The molecule has 0 heterocycles. The lowest BCUT2D eigenvalue weighted by molar-refractivity contribution is 0.0697. The molecule has 0 aliphatic rings. The van der Waals surface area contributed by atoms with E-state index in [1.165, 1.54) is 0 Å². The Hall–Kier alpha value is -1.84. The van der Waals surface area contributed by atoms with E-state index in [1.807, 2.05) is 0 Å². The number of aromatic carboxylic acids is 1. The van der Waals surface area contributed by atoms with Crippen molar-refractivity contribution in [3.05, 3.63) is 27.7 Å². The van der Waals surface area contributed by atoms with Gasteiger partial charge in [-0.05, 0) is 12.1 Å². The zero-order chi connectivity index (χ0) is 16.2. The van der Waals surface area contributed by atoms with E-state index in [0.717, 1.165) is 12.1 Å². The van der Waals surface area contributed by atoms with E-state index in [4.69, 9.17) is 38.8 Å². The summed E-state index contributed by atoms with van der Waals surface area (Å²) in [7, 11) is -4.29. The molecule has 0 aliphatic carbocycles. The maximum atomic E-state index is 12.3. The van der Waals surface area contributed by atoms with Crippen LogP contribution in [0.2, 0.25) is 10.0 Å². The highest BCUT2D eigenvalue weighted by molar-refractivity contribution is 7.89. The minimum absolute atomic E-state index is 0.224. The van der Waals surface area contributed by atoms with E-state index in [2.05, 4.69) is 0 Å². The molecular weight excluding hydrogens is 341 g/mol. The predicted octanol–water partition coefficient (Wildman–Crippen LogP) is 1.73. The lowest BCUT2D eigenvalue weighted by Gasteiger charge is -2.17. The Morgan fingerprint density at radius 3 is 2.14 bits per heavy atom. The van der Waals surface area contributed by atoms with Gasteiger partial charge in [-0.2, -0.15) is 14.8 Å². The van der Waals surface area contributed by atoms with Gasteiger partial charge in [0.1, 0.15) is 18.0 Å². The molecule has 0 spiro atoms. The van der Waals surface area contributed by atoms with E-state index < -0.39 is 39.5 Å². The SMILES string of the molecule is N#CCN(CC#N)S(=O)(=O)c1cc(C(=O)O)c(Cl)cc1Cl. The number of halogens is 2. The summed E-state index contributed by atoms with van der Waals surface area (Å²) < 4.78 is 25.2. The molecule has 0 unspecified atom stereocenters. The summed E-state index contributed by atoms with van der Waals surface area (Å²) in [6.45, 7) is -1.14. The quantitative estimate of drug-likeness (QED) is 0.809. The van der Waals surface area contributed by atoms with Gasteiger partial charge in [0.2, 0.25) is 10.0 Å². The van der Waals surface area contributed by atoms with Gasteiger partial charge in [0.15, 0.2) is 0 Å². The van der Waals surface area contributed by atoms with E-state index in [0.29, 0.717) is 4.31 Å². The Balaban J connectivity index is 3.51. The van der Waals surface area contributed by atoms with Crippen molar-refractivity contribution in [1.29, 1.82) is 10.5 Å². The minimum atomic E-state index is -4.29. The van der Waals surface area contributed by atoms with Gasteiger partial charge in [0, 0.05) is 0 Å². The number of nitriles is 2. The first-order valence-corrected chi connectivity index (χ1v) is 7.41. The number of rotatable bonds is 5. The third kappa shape index (κ3) is 3.63. The van der Waals surface area contributed by atoms with Crippen LogP contribution in [-0.2, 0) is 10.0 Å². The number of carboxylic acids is 1. The smallest absolute Gasteiger partial charge is 0.337 e. The zero-order valence-electron chi connectivity index (χ0n) is 10.2. The maximum Gasteiger partial charge on any atom is 0.337 e. The number of carboxylic acid groups (broad SMARTS) is 1. The molecule has 0 aromatic heterocycles. The fourth-order valence-electron chi connectivity index (χ4n) is 1.41. The van der Waals surface area contributed by atoms with Gasteiger partial charge >= 0.3 is 5.97 Å². The number of hydrogen-bond donors (Lipinski definition) is 1. The Kier molecular flexibility index (Phi) is 5.53. The van der Waals surface area contributed by atoms with Gasteiger partial charge in [0.25, 0.3) is 0 Å². The predicted molar refractivity (Wildman–Crippen MR) is 73.4 cm³/mol. The Morgan fingerprint density at radius 2 is 1.71 bits per heavy atom. The highest BCUT2D eigenvalue weighted by Gasteiger charge is 2.28. The van der Waals surface area contributed by atoms with Crippen LogP contribution in [0, 0.1) is 22.7 Å². The molecule has 1 rings (SSSR count). The number of benzene rings is 1. The third-order valence-electron chi connectivity index (χ3n) is 2.36. The lowest BCUT2D eigenvalue weighted by Crippen LogP contribution is -2.32. The van der Waals surface area contributed by atoms with Gasteiger partial charge < -0.3 is 5.11 Å². The van der Waals surface area contributed by atoms with Crippen LogP contribution in [0.1, 0.15) is 10.4 Å². The fourth-order valence-corrected chi connectivity index (χ4v) is 3.48. The van der Waals surface area contributed by atoms with Crippen molar-refractivity contribution < 1.29 is 18.3 Å². The normalized spacial score (nSPS) is 10.9. The summed E-state index contributed by atoms with van der Waals surface area (Å²) in [4.78, 5) is 10.5. The van der Waals surface area contributed by atoms with Crippen molar-refractivity contribution in [3.63, 3.8) is 0 Å². The van der Waals surface area contributed by atoms with Gasteiger partial charge in [-0.3, -0.25) is 0 Å². The highest BCUT2D eigenvalue weighted by Crippen LogP contribution is 2.30. The largest absolute Gasteiger partial charge is 0.478 e. The molecule has 7 nitrogen and oxygen atoms in total. The summed E-state index contributed by atoms with van der Waals surface area (Å²) >= 11 is 11.5. The van der Waals surface area contributed by atoms with Crippen LogP contribution in [0.3, 0.4) is 0 Å². The molecule has 1 aromatic rings. The van der Waals surface area contributed by atoms with Crippen LogP contribution >= 0.6 is 23.2 Å². The van der Waals surface area contributed by atoms with Gasteiger partial charge in [-0.25, -0.2) is 13.2 Å². The average Bonchev–Trinajstić information content (AvgIpc) is 2.37. The standard InChI is InChI=1S/C11H7Cl2N3O4S/c12-8-6-9(13)10(5-7(8)11(17)18)21(19,20)16(3-1-14)4-2-15/h5-6H,3-4H2,(H,17,18). The first kappa shape index (κ1) is 17.2. The first-order valence-electron chi connectivity index (χ1n) is 5.22. The number of nitrogens with zero attached hydrogens (tertiary/aromatic N) is 3. The topological polar surface area (TPSA) is 122 Å². The number of hydrogen-bond acceptors (Lipinski definition) is 5. The van der Waals surface area contributed by atoms with Crippen LogP contribution < -0.4 is 0 Å². The highest BCUT2D eigenvalue weighted by atomic mass is 35.5. The van der Waals surface area contributed by atoms with Crippen molar-refractivity contribution in [1.82, 2.24) is 4.31 Å². The van der Waals surface area contributed by atoms with E-state index in [9.17, 15) is 13.2 Å². The Bertz CT molecular complexity index is 749. The number of sulfonamides is 1. The van der Waals surface area contributed by atoms with Crippen LogP contribution in [0.25, 0.3) is 0 Å². The Morgan fingerprint density at radius 1 is 1.19 bits per heavy atom. The van der Waals surface area contributed by atoms with Crippen molar-refractivity contribution >= 4 is 39.2 Å². The molecule has 0 atom stereocenters. The van der Waals surface area contributed by atoms with Crippen LogP contribution in [0.5, 0.6) is 0 Å². The monoisotopic (exact) mass is 347 g/mol. The molecule has 0 saturated heterocycles. The average molecular weight is 348 g/mol. The van der Waals surface area contributed by atoms with E-state index in [1.54, 1.807) is 12.1 Å². The second-order valence-corrected chi connectivity index (χ2v) is 6.38. The second-order valence-electron chi connectivity index (χ2n) is 3.66. The zero-order valence-corrected chi connectivity index (χ0v) is 12.6. The molecule has 1 aromatic carbocycles. The van der Waals surface area contributed by atoms with Crippen molar-refractivity contribution in [2.45, 2.75) is 4.90 Å². The molecule has 21 heavy (non-hydrogen) atoms. The molecule has 0 fully saturated rings. The van der Waals surface area contributed by atoms with Crippen molar-refractivity contribution in [2.75, 3.05) is 13.1 Å². The molecule has 0 amide bonds. The summed E-state index contributed by atoms with van der Waals surface area (Å²) in [5.41, 5.74) is -0.450. The third-order valence-corrected chi connectivity index (χ3v) is 4.93. The van der Waals surface area contributed by atoms with Gasteiger partial charge in [0.05, 0.1) is 27.7 Å². The van der Waals surface area contributed by atoms with Crippen molar-refractivity contribution in [2.24, 2.45) is 0 Å².